The first-order valence-corrected chi connectivity index (χ1v) is 6.71. The molecule has 110 valence electrons. The van der Waals surface area contributed by atoms with Crippen LogP contribution in [0.1, 0.15) is 12.8 Å². The minimum Gasteiger partial charge on any atom is -0.404 e. The first-order chi connectivity index (χ1) is 9.33. The second kappa shape index (κ2) is 6.01. The highest BCUT2D eigenvalue weighted by Gasteiger charge is 2.32. The third-order valence-electron chi connectivity index (χ3n) is 2.57. The second-order valence-electron chi connectivity index (χ2n) is 4.39. The van der Waals surface area contributed by atoms with Crippen molar-refractivity contribution in [1.29, 1.82) is 0 Å². The van der Waals surface area contributed by atoms with Crippen LogP contribution in [0.4, 0.5) is 18.9 Å². The average Bonchev–Trinajstić information content (AvgIpc) is 3.12. The molecule has 0 atom stereocenters. The lowest BCUT2D eigenvalue weighted by Crippen LogP contribution is -2.29. The molecule has 0 unspecified atom stereocenters. The van der Waals surface area contributed by atoms with E-state index in [2.05, 4.69) is 31.3 Å². The molecule has 2 N–H and O–H groups in total. The number of hydrogen-bond donors (Lipinski definition) is 2. The first kappa shape index (κ1) is 15.1. The molecule has 2 rings (SSSR count). The summed E-state index contributed by atoms with van der Waals surface area (Å²) in [5, 5.41) is 5.37. The van der Waals surface area contributed by atoms with Gasteiger partial charge in [-0.2, -0.15) is 0 Å². The molecule has 1 saturated carbocycles. The van der Waals surface area contributed by atoms with Crippen LogP contribution in [0.25, 0.3) is 0 Å². The number of rotatable bonds is 5. The van der Waals surface area contributed by atoms with Crippen molar-refractivity contribution in [2.75, 3.05) is 11.9 Å². The number of alkyl halides is 3. The minimum atomic E-state index is -4.81. The van der Waals surface area contributed by atoms with Crippen LogP contribution in [0.5, 0.6) is 5.75 Å². The van der Waals surface area contributed by atoms with E-state index in [0.29, 0.717) is 10.5 Å². The van der Waals surface area contributed by atoms with Crippen LogP contribution in [0, 0.1) is 0 Å². The van der Waals surface area contributed by atoms with Crippen LogP contribution >= 0.6 is 15.9 Å². The monoisotopic (exact) mass is 352 g/mol. The number of hydrogen-bond acceptors (Lipinski definition) is 3. The summed E-state index contributed by atoms with van der Waals surface area (Å²) in [6, 6.07) is 4.36. The Morgan fingerprint density at radius 2 is 2.10 bits per heavy atom. The molecule has 0 spiro atoms. The summed E-state index contributed by atoms with van der Waals surface area (Å²) in [7, 11) is 0. The highest BCUT2D eigenvalue weighted by molar-refractivity contribution is 9.10. The van der Waals surface area contributed by atoms with Gasteiger partial charge in [0, 0.05) is 10.5 Å². The van der Waals surface area contributed by atoms with Gasteiger partial charge in [0.05, 0.1) is 12.2 Å². The van der Waals surface area contributed by atoms with Crippen LogP contribution in [0.2, 0.25) is 0 Å². The van der Waals surface area contributed by atoms with Crippen molar-refractivity contribution < 1.29 is 22.7 Å². The van der Waals surface area contributed by atoms with E-state index in [1.165, 1.54) is 12.1 Å². The van der Waals surface area contributed by atoms with Crippen LogP contribution in [-0.4, -0.2) is 24.9 Å². The fourth-order valence-electron chi connectivity index (χ4n) is 1.53. The van der Waals surface area contributed by atoms with E-state index in [0.717, 1.165) is 18.9 Å². The largest absolute Gasteiger partial charge is 0.573 e. The van der Waals surface area contributed by atoms with Gasteiger partial charge in [-0.1, -0.05) is 15.9 Å². The van der Waals surface area contributed by atoms with Crippen LogP contribution in [-0.2, 0) is 4.79 Å². The zero-order valence-corrected chi connectivity index (χ0v) is 11.8. The molecular weight excluding hydrogens is 341 g/mol. The van der Waals surface area contributed by atoms with E-state index in [1.807, 2.05) is 0 Å². The Hall–Kier alpha value is -1.28. The number of halogens is 4. The van der Waals surface area contributed by atoms with E-state index < -0.39 is 18.0 Å². The average molecular weight is 353 g/mol. The molecule has 20 heavy (non-hydrogen) atoms. The van der Waals surface area contributed by atoms with E-state index >= 15 is 0 Å². The van der Waals surface area contributed by atoms with Crippen LogP contribution in [0.3, 0.4) is 0 Å². The van der Waals surface area contributed by atoms with Gasteiger partial charge in [-0.05, 0) is 31.0 Å². The van der Waals surface area contributed by atoms with Crippen molar-refractivity contribution >= 4 is 27.5 Å². The van der Waals surface area contributed by atoms with E-state index in [4.69, 9.17) is 0 Å². The van der Waals surface area contributed by atoms with E-state index in [1.54, 1.807) is 0 Å². The van der Waals surface area contributed by atoms with Gasteiger partial charge in [-0.15, -0.1) is 13.2 Å². The Morgan fingerprint density at radius 1 is 1.40 bits per heavy atom. The van der Waals surface area contributed by atoms with Gasteiger partial charge in [0.1, 0.15) is 0 Å². The molecule has 0 aliphatic heterocycles. The fraction of sp³-hybridized carbons (Fsp3) is 0.417. The number of carbonyl (C=O) groups excluding carboxylic acids is 1. The maximum atomic E-state index is 12.3. The Balaban J connectivity index is 2.03. The zero-order valence-electron chi connectivity index (χ0n) is 10.3. The van der Waals surface area contributed by atoms with Crippen molar-refractivity contribution in [1.82, 2.24) is 5.32 Å². The Kier molecular flexibility index (Phi) is 4.54. The van der Waals surface area contributed by atoms with Gasteiger partial charge in [-0.3, -0.25) is 4.79 Å². The Morgan fingerprint density at radius 3 is 2.70 bits per heavy atom. The normalized spacial score (nSPS) is 15.0. The number of ether oxygens (including phenoxy) is 1. The topological polar surface area (TPSA) is 50.4 Å². The highest BCUT2D eigenvalue weighted by Crippen LogP contribution is 2.32. The lowest BCUT2D eigenvalue weighted by molar-refractivity contribution is -0.274. The Labute approximate surface area is 121 Å². The number of amides is 1. The minimum absolute atomic E-state index is 0.0203. The van der Waals surface area contributed by atoms with Crippen molar-refractivity contribution in [3.8, 4) is 5.75 Å². The van der Waals surface area contributed by atoms with Gasteiger partial charge < -0.3 is 15.4 Å². The van der Waals surface area contributed by atoms with Gasteiger partial charge in [0.15, 0.2) is 5.75 Å². The standard InChI is InChI=1S/C12H12BrF3N2O2/c13-7-1-4-9(10(5-7)20-12(14,15)16)18-11(19)6-17-8-2-3-8/h1,4-5,8,17H,2-3,6H2,(H,18,19). The predicted octanol–water partition coefficient (Wildman–Crippen LogP) is 3.04. The summed E-state index contributed by atoms with van der Waals surface area (Å²) in [5.74, 6) is -0.863. The lowest BCUT2D eigenvalue weighted by Gasteiger charge is -2.14. The predicted molar refractivity (Wildman–Crippen MR) is 70.5 cm³/mol. The van der Waals surface area contributed by atoms with Gasteiger partial charge in [0.25, 0.3) is 0 Å². The molecule has 1 aromatic carbocycles. The molecule has 4 nitrogen and oxygen atoms in total. The second-order valence-corrected chi connectivity index (χ2v) is 5.31. The quantitative estimate of drug-likeness (QED) is 0.856. The maximum absolute atomic E-state index is 12.3. The third-order valence-corrected chi connectivity index (χ3v) is 3.07. The van der Waals surface area contributed by atoms with Crippen molar-refractivity contribution in [3.05, 3.63) is 22.7 Å². The van der Waals surface area contributed by atoms with Crippen molar-refractivity contribution in [3.63, 3.8) is 0 Å². The molecule has 8 heteroatoms. The van der Waals surface area contributed by atoms with E-state index in [-0.39, 0.29) is 12.2 Å². The molecule has 0 bridgehead atoms. The molecule has 0 radical (unpaired) electrons. The van der Waals surface area contributed by atoms with Crippen LogP contribution in [0.15, 0.2) is 22.7 Å². The van der Waals surface area contributed by atoms with E-state index in [9.17, 15) is 18.0 Å². The molecule has 0 aromatic heterocycles. The maximum Gasteiger partial charge on any atom is 0.573 e. The smallest absolute Gasteiger partial charge is 0.404 e. The molecule has 1 aliphatic rings. The lowest BCUT2D eigenvalue weighted by atomic mass is 10.3. The summed E-state index contributed by atoms with van der Waals surface area (Å²) in [5.41, 5.74) is -0.0203. The summed E-state index contributed by atoms with van der Waals surface area (Å²) in [6.07, 6.45) is -2.77. The number of anilines is 1. The summed E-state index contributed by atoms with van der Waals surface area (Å²) in [6.45, 7) is 0.0617. The van der Waals surface area contributed by atoms with Gasteiger partial charge in [0.2, 0.25) is 5.91 Å². The first-order valence-electron chi connectivity index (χ1n) is 5.92. The molecule has 0 saturated heterocycles. The number of carbonyl (C=O) groups is 1. The Bertz CT molecular complexity index is 504. The number of nitrogens with one attached hydrogen (secondary N) is 2. The molecule has 1 fully saturated rings. The third kappa shape index (κ3) is 5.01. The zero-order chi connectivity index (χ0) is 14.8. The van der Waals surface area contributed by atoms with Crippen LogP contribution < -0.4 is 15.4 Å². The molecule has 1 aromatic rings. The molecule has 1 amide bonds. The molecular formula is C12H12BrF3N2O2. The molecule has 0 heterocycles. The van der Waals surface area contributed by atoms with Gasteiger partial charge in [-0.25, -0.2) is 0 Å². The number of benzene rings is 1. The summed E-state index contributed by atoms with van der Waals surface area (Å²) >= 11 is 3.06. The summed E-state index contributed by atoms with van der Waals surface area (Å²) in [4.78, 5) is 11.6. The summed E-state index contributed by atoms with van der Waals surface area (Å²) < 4.78 is 41.2. The van der Waals surface area contributed by atoms with Gasteiger partial charge >= 0.3 is 6.36 Å². The molecule has 1 aliphatic carbocycles. The van der Waals surface area contributed by atoms with Crippen molar-refractivity contribution in [2.45, 2.75) is 25.2 Å². The van der Waals surface area contributed by atoms with Crippen molar-refractivity contribution in [2.24, 2.45) is 0 Å². The fourth-order valence-corrected chi connectivity index (χ4v) is 1.87. The SMILES string of the molecule is O=C(CNC1CC1)Nc1ccc(Br)cc1OC(F)(F)F. The highest BCUT2D eigenvalue weighted by atomic mass is 79.9.